The van der Waals surface area contributed by atoms with Crippen LogP contribution in [0.1, 0.15) is 31.1 Å². The Morgan fingerprint density at radius 2 is 0.970 bits per heavy atom. The van der Waals surface area contributed by atoms with Crippen LogP contribution in [0.2, 0.25) is 0 Å². The minimum atomic E-state index is -0.997. The molecule has 0 aliphatic carbocycles. The normalized spacial score (nSPS) is 10.1. The summed E-state index contributed by atoms with van der Waals surface area (Å²) in [5.74, 6) is -2.02. The standard InChI is InChI=1S/C18H12O5.C7H6O3/c19-15-5-7-16(8-6-15)23-18(22)14-4-2-11-9-13(17(20)21)3-1-12(11)10-14;8-6-3-1-5(2-4-6)7(9)10/h1-10,19H,(H,20,21);1-4,8H,(H,9,10). The Kier molecular flexibility index (Phi) is 6.90. The topological polar surface area (TPSA) is 141 Å². The predicted octanol–water partition coefficient (Wildman–Crippen LogP) is 4.55. The molecule has 0 unspecified atom stereocenters. The van der Waals surface area contributed by atoms with Crippen LogP contribution in [0.5, 0.6) is 17.2 Å². The minimum Gasteiger partial charge on any atom is -0.508 e. The number of fused-ring (bicyclic) bond motifs is 1. The molecule has 0 aliphatic rings. The maximum absolute atomic E-state index is 12.1. The van der Waals surface area contributed by atoms with Crippen LogP contribution in [0.3, 0.4) is 0 Å². The molecule has 0 spiro atoms. The van der Waals surface area contributed by atoms with Gasteiger partial charge in [-0.15, -0.1) is 0 Å². The van der Waals surface area contributed by atoms with Crippen molar-refractivity contribution >= 4 is 28.7 Å². The van der Waals surface area contributed by atoms with Crippen LogP contribution in [-0.4, -0.2) is 38.3 Å². The van der Waals surface area contributed by atoms with Crippen molar-refractivity contribution in [1.82, 2.24) is 0 Å². The number of aromatic hydroxyl groups is 2. The van der Waals surface area contributed by atoms with Gasteiger partial charge in [0, 0.05) is 0 Å². The molecule has 0 saturated heterocycles. The van der Waals surface area contributed by atoms with Gasteiger partial charge in [0.2, 0.25) is 0 Å². The van der Waals surface area contributed by atoms with Crippen molar-refractivity contribution in [3.63, 3.8) is 0 Å². The Balaban J connectivity index is 0.000000257. The molecule has 0 bridgehead atoms. The summed E-state index contributed by atoms with van der Waals surface area (Å²) in [5.41, 5.74) is 0.725. The highest BCUT2D eigenvalue weighted by molar-refractivity contribution is 5.99. The van der Waals surface area contributed by atoms with Gasteiger partial charge in [0.15, 0.2) is 0 Å². The van der Waals surface area contributed by atoms with Crippen molar-refractivity contribution in [3.05, 3.63) is 102 Å². The van der Waals surface area contributed by atoms with Gasteiger partial charge in [0.25, 0.3) is 0 Å². The number of carboxylic acid groups (broad SMARTS) is 2. The number of ether oxygens (including phenoxy) is 1. The monoisotopic (exact) mass is 446 g/mol. The number of hydrogen-bond donors (Lipinski definition) is 4. The van der Waals surface area contributed by atoms with E-state index in [-0.39, 0.29) is 22.6 Å². The molecule has 0 saturated carbocycles. The third kappa shape index (κ3) is 6.08. The van der Waals surface area contributed by atoms with Gasteiger partial charge in [-0.1, -0.05) is 12.1 Å². The molecule has 8 heteroatoms. The maximum Gasteiger partial charge on any atom is 0.343 e. The zero-order valence-electron chi connectivity index (χ0n) is 17.0. The molecule has 0 amide bonds. The molecule has 0 radical (unpaired) electrons. The molecule has 166 valence electrons. The Labute approximate surface area is 187 Å². The number of carbonyl (C=O) groups excluding carboxylic acids is 1. The molecule has 4 aromatic carbocycles. The summed E-state index contributed by atoms with van der Waals surface area (Å²) in [7, 11) is 0. The highest BCUT2D eigenvalue weighted by Crippen LogP contribution is 2.21. The summed E-state index contributed by atoms with van der Waals surface area (Å²) >= 11 is 0. The number of carbonyl (C=O) groups is 3. The van der Waals surface area contributed by atoms with Crippen LogP contribution >= 0.6 is 0 Å². The van der Waals surface area contributed by atoms with Gasteiger partial charge in [0.1, 0.15) is 17.2 Å². The van der Waals surface area contributed by atoms with Gasteiger partial charge in [-0.2, -0.15) is 0 Å². The first-order valence-corrected chi connectivity index (χ1v) is 9.53. The molecule has 0 aromatic heterocycles. The summed E-state index contributed by atoms with van der Waals surface area (Å²) in [4.78, 5) is 33.3. The molecular weight excluding hydrogens is 428 g/mol. The number of aromatic carboxylic acids is 2. The molecule has 0 heterocycles. The molecule has 8 nitrogen and oxygen atoms in total. The Hall–Kier alpha value is -4.85. The highest BCUT2D eigenvalue weighted by atomic mass is 16.5. The predicted molar refractivity (Wildman–Crippen MR) is 119 cm³/mol. The smallest absolute Gasteiger partial charge is 0.343 e. The molecule has 4 rings (SSSR count). The second-order valence-corrected chi connectivity index (χ2v) is 6.82. The van der Waals surface area contributed by atoms with E-state index in [1.54, 1.807) is 30.3 Å². The fraction of sp³-hybridized carbons (Fsp3) is 0. The van der Waals surface area contributed by atoms with Crippen molar-refractivity contribution in [3.8, 4) is 17.2 Å². The molecule has 4 aromatic rings. The summed E-state index contributed by atoms with van der Waals surface area (Å²) < 4.78 is 5.22. The SMILES string of the molecule is O=C(O)c1ccc(O)cc1.O=C(O)c1ccc2cc(C(=O)Oc3ccc(O)cc3)ccc2c1. The Morgan fingerprint density at radius 1 is 0.545 bits per heavy atom. The molecular formula is C25H18O8. The highest BCUT2D eigenvalue weighted by Gasteiger charge is 2.11. The molecule has 0 fully saturated rings. The van der Waals surface area contributed by atoms with Crippen molar-refractivity contribution in [1.29, 1.82) is 0 Å². The number of hydrogen-bond acceptors (Lipinski definition) is 6. The minimum absolute atomic E-state index is 0.0741. The fourth-order valence-electron chi connectivity index (χ4n) is 2.79. The van der Waals surface area contributed by atoms with E-state index in [0.717, 1.165) is 10.8 Å². The number of carboxylic acids is 2. The number of phenolic OH excluding ortho intramolecular Hbond substituents is 2. The van der Waals surface area contributed by atoms with E-state index < -0.39 is 17.9 Å². The van der Waals surface area contributed by atoms with Gasteiger partial charge in [-0.05, 0) is 83.6 Å². The average molecular weight is 446 g/mol. The molecule has 0 aliphatic heterocycles. The Morgan fingerprint density at radius 3 is 1.48 bits per heavy atom. The lowest BCUT2D eigenvalue weighted by molar-refractivity contribution is 0.0686. The van der Waals surface area contributed by atoms with Crippen LogP contribution in [0.25, 0.3) is 10.8 Å². The van der Waals surface area contributed by atoms with Gasteiger partial charge in [-0.3, -0.25) is 0 Å². The summed E-state index contributed by atoms with van der Waals surface area (Å²) in [6, 6.07) is 20.8. The van der Waals surface area contributed by atoms with Crippen molar-refractivity contribution in [2.45, 2.75) is 0 Å². The zero-order valence-corrected chi connectivity index (χ0v) is 17.0. The zero-order chi connectivity index (χ0) is 24.0. The number of benzene rings is 4. The third-order valence-corrected chi connectivity index (χ3v) is 4.48. The van der Waals surface area contributed by atoms with Crippen molar-refractivity contribution in [2.75, 3.05) is 0 Å². The first-order chi connectivity index (χ1) is 15.7. The van der Waals surface area contributed by atoms with Gasteiger partial charge in [-0.25, -0.2) is 14.4 Å². The molecule has 0 atom stereocenters. The van der Waals surface area contributed by atoms with Crippen LogP contribution in [0, 0.1) is 0 Å². The quantitative estimate of drug-likeness (QED) is 0.264. The van der Waals surface area contributed by atoms with E-state index in [1.807, 2.05) is 0 Å². The Bertz CT molecular complexity index is 1310. The van der Waals surface area contributed by atoms with Crippen LogP contribution in [-0.2, 0) is 0 Å². The fourth-order valence-corrected chi connectivity index (χ4v) is 2.79. The first kappa shape index (κ1) is 22.8. The molecule has 33 heavy (non-hydrogen) atoms. The number of esters is 1. The number of rotatable bonds is 4. The van der Waals surface area contributed by atoms with Gasteiger partial charge >= 0.3 is 17.9 Å². The van der Waals surface area contributed by atoms with Crippen LogP contribution in [0.15, 0.2) is 84.9 Å². The van der Waals surface area contributed by atoms with E-state index in [0.29, 0.717) is 11.3 Å². The van der Waals surface area contributed by atoms with Gasteiger partial charge < -0.3 is 25.2 Å². The lowest BCUT2D eigenvalue weighted by Gasteiger charge is -2.06. The van der Waals surface area contributed by atoms with E-state index in [1.165, 1.54) is 54.6 Å². The first-order valence-electron chi connectivity index (χ1n) is 9.53. The van der Waals surface area contributed by atoms with E-state index in [4.69, 9.17) is 20.1 Å². The largest absolute Gasteiger partial charge is 0.508 e. The van der Waals surface area contributed by atoms with Gasteiger partial charge in [0.05, 0.1) is 16.7 Å². The van der Waals surface area contributed by atoms with Crippen molar-refractivity contribution in [2.24, 2.45) is 0 Å². The summed E-state index contributed by atoms with van der Waals surface area (Å²) in [6.45, 7) is 0. The van der Waals surface area contributed by atoms with Crippen molar-refractivity contribution < 1.29 is 39.5 Å². The lowest BCUT2D eigenvalue weighted by Crippen LogP contribution is -2.08. The lowest BCUT2D eigenvalue weighted by atomic mass is 10.0. The average Bonchev–Trinajstić information content (AvgIpc) is 2.80. The second kappa shape index (κ2) is 9.97. The van der Waals surface area contributed by atoms with E-state index in [9.17, 15) is 19.5 Å². The number of phenols is 2. The van der Waals surface area contributed by atoms with Crippen LogP contribution in [0.4, 0.5) is 0 Å². The third-order valence-electron chi connectivity index (χ3n) is 4.48. The summed E-state index contributed by atoms with van der Waals surface area (Å²) in [5, 5.41) is 36.8. The van der Waals surface area contributed by atoms with E-state index in [2.05, 4.69) is 0 Å². The maximum atomic E-state index is 12.1. The second-order valence-electron chi connectivity index (χ2n) is 6.82. The van der Waals surface area contributed by atoms with Crippen LogP contribution < -0.4 is 4.74 Å². The molecule has 4 N–H and O–H groups in total. The summed E-state index contributed by atoms with van der Waals surface area (Å²) in [6.07, 6.45) is 0. The van der Waals surface area contributed by atoms with E-state index >= 15 is 0 Å².